The van der Waals surface area contributed by atoms with Crippen molar-refractivity contribution in [3.63, 3.8) is 0 Å². The van der Waals surface area contributed by atoms with E-state index in [4.69, 9.17) is 13.9 Å². The van der Waals surface area contributed by atoms with Crippen molar-refractivity contribution in [2.75, 3.05) is 14.2 Å². The Labute approximate surface area is 226 Å². The molecule has 0 fully saturated rings. The fourth-order valence-corrected chi connectivity index (χ4v) is 6.97. The van der Waals surface area contributed by atoms with E-state index in [1.165, 1.54) is 0 Å². The zero-order valence-corrected chi connectivity index (χ0v) is 22.0. The van der Waals surface area contributed by atoms with Crippen LogP contribution < -0.4 is 14.9 Å². The Bertz CT molecular complexity index is 2280. The zero-order valence-electron chi connectivity index (χ0n) is 21.1. The van der Waals surface area contributed by atoms with Crippen LogP contribution in [0.4, 0.5) is 0 Å². The van der Waals surface area contributed by atoms with Crippen LogP contribution in [0.3, 0.4) is 0 Å². The summed E-state index contributed by atoms with van der Waals surface area (Å²) in [6.45, 7) is 0. The molecule has 5 nitrogen and oxygen atoms in total. The number of fused-ring (bicyclic) bond motifs is 8. The second-order valence-corrected chi connectivity index (χ2v) is 10.7. The third-order valence-corrected chi connectivity index (χ3v) is 8.79. The van der Waals surface area contributed by atoms with Crippen LogP contribution in [0.15, 0.2) is 100 Å². The minimum absolute atomic E-state index is 0.00505. The number of para-hydroxylation sites is 1. The van der Waals surface area contributed by atoms with Crippen molar-refractivity contribution in [1.29, 1.82) is 0 Å². The number of hydrogen-bond donors (Lipinski definition) is 0. The fourth-order valence-electron chi connectivity index (χ4n) is 5.75. The Morgan fingerprint density at radius 1 is 0.641 bits per heavy atom. The van der Waals surface area contributed by atoms with Gasteiger partial charge in [0, 0.05) is 26.2 Å². The number of benzene rings is 5. The first-order valence-electron chi connectivity index (χ1n) is 12.6. The summed E-state index contributed by atoms with van der Waals surface area (Å²) in [5, 5.41) is 5.54. The van der Waals surface area contributed by atoms with Gasteiger partial charge in [0.2, 0.25) is 5.43 Å². The molecule has 8 aromatic rings. The molecular formula is C33H21NO4S. The van der Waals surface area contributed by atoms with E-state index in [0.29, 0.717) is 21.9 Å². The maximum Gasteiger partial charge on any atom is 0.200 e. The molecule has 0 aliphatic rings. The number of aromatic nitrogens is 1. The first-order chi connectivity index (χ1) is 19.1. The van der Waals surface area contributed by atoms with Crippen molar-refractivity contribution in [3.8, 4) is 17.2 Å². The van der Waals surface area contributed by atoms with E-state index in [9.17, 15) is 4.79 Å². The molecule has 8 rings (SSSR count). The highest BCUT2D eigenvalue weighted by Crippen LogP contribution is 2.43. The maximum atomic E-state index is 13.4. The molecule has 0 amide bonds. The van der Waals surface area contributed by atoms with E-state index in [-0.39, 0.29) is 5.43 Å². The van der Waals surface area contributed by atoms with Gasteiger partial charge >= 0.3 is 0 Å². The predicted molar refractivity (Wildman–Crippen MR) is 160 cm³/mol. The lowest BCUT2D eigenvalue weighted by Crippen LogP contribution is -2.01. The van der Waals surface area contributed by atoms with Crippen LogP contribution in [-0.2, 0) is 0 Å². The van der Waals surface area contributed by atoms with Gasteiger partial charge in [-0.1, -0.05) is 24.3 Å². The third-order valence-electron chi connectivity index (χ3n) is 7.59. The largest absolute Gasteiger partial charge is 0.497 e. The molecular weight excluding hydrogens is 506 g/mol. The molecule has 0 saturated carbocycles. The van der Waals surface area contributed by atoms with E-state index < -0.39 is 0 Å². The predicted octanol–water partition coefficient (Wildman–Crippen LogP) is 8.43. The Kier molecular flexibility index (Phi) is 4.61. The first-order valence-corrected chi connectivity index (χ1v) is 13.4. The molecule has 3 aromatic heterocycles. The maximum absolute atomic E-state index is 13.4. The Morgan fingerprint density at radius 2 is 1.33 bits per heavy atom. The molecule has 0 saturated heterocycles. The van der Waals surface area contributed by atoms with Gasteiger partial charge < -0.3 is 18.5 Å². The standard InChI is InChI=1S/C33H21NO4S/c1-36-18-10-12-26-22(14-18)23-15-19(37-2)11-13-27(23)34(26)28-8-5-7-20-24-16-25-30(17-31(24)39-33(20)28)38-29-9-4-3-6-21(29)32(25)35/h3-17H,1-2H3. The number of hydrogen-bond acceptors (Lipinski definition) is 5. The van der Waals surface area contributed by atoms with Gasteiger partial charge in [-0.3, -0.25) is 4.79 Å². The SMILES string of the molecule is COc1ccc2c(c1)c1cc(OC)ccc1n2-c1cccc2c1sc1cc3oc4ccccc4c(=O)c3cc12. The normalized spacial score (nSPS) is 11.9. The van der Waals surface area contributed by atoms with Crippen LogP contribution in [0.1, 0.15) is 0 Å². The van der Waals surface area contributed by atoms with E-state index in [0.717, 1.165) is 59.2 Å². The quantitative estimate of drug-likeness (QED) is 0.216. The van der Waals surface area contributed by atoms with Gasteiger partial charge in [-0.15, -0.1) is 11.3 Å². The Morgan fingerprint density at radius 3 is 2.05 bits per heavy atom. The molecule has 5 aromatic carbocycles. The lowest BCUT2D eigenvalue weighted by Gasteiger charge is -2.10. The summed E-state index contributed by atoms with van der Waals surface area (Å²) in [6.07, 6.45) is 0. The Balaban J connectivity index is 1.48. The van der Waals surface area contributed by atoms with E-state index in [1.807, 2.05) is 48.5 Å². The first kappa shape index (κ1) is 22.2. The van der Waals surface area contributed by atoms with Gasteiger partial charge in [0.25, 0.3) is 0 Å². The molecule has 0 bridgehead atoms. The van der Waals surface area contributed by atoms with E-state index >= 15 is 0 Å². The molecule has 0 aliphatic carbocycles. The highest BCUT2D eigenvalue weighted by Gasteiger charge is 2.19. The minimum Gasteiger partial charge on any atom is -0.497 e. The second-order valence-electron chi connectivity index (χ2n) is 9.63. The number of rotatable bonds is 3. The summed E-state index contributed by atoms with van der Waals surface area (Å²) in [5.74, 6) is 1.61. The molecule has 0 radical (unpaired) electrons. The van der Waals surface area contributed by atoms with Gasteiger partial charge in [0.15, 0.2) is 0 Å². The van der Waals surface area contributed by atoms with Crippen LogP contribution in [0.2, 0.25) is 0 Å². The van der Waals surface area contributed by atoms with Gasteiger partial charge in [0.05, 0.1) is 46.4 Å². The van der Waals surface area contributed by atoms with Crippen LogP contribution in [-0.4, -0.2) is 18.8 Å². The van der Waals surface area contributed by atoms with Crippen molar-refractivity contribution in [3.05, 3.63) is 101 Å². The van der Waals surface area contributed by atoms with Crippen LogP contribution >= 0.6 is 11.3 Å². The molecule has 6 heteroatoms. The summed E-state index contributed by atoms with van der Waals surface area (Å²) in [7, 11) is 3.37. The Hall–Kier alpha value is -4.81. The van der Waals surface area contributed by atoms with Gasteiger partial charge in [-0.05, 0) is 66.7 Å². The molecule has 39 heavy (non-hydrogen) atoms. The van der Waals surface area contributed by atoms with Crippen molar-refractivity contribution >= 4 is 75.3 Å². The van der Waals surface area contributed by atoms with Gasteiger partial charge in [-0.25, -0.2) is 0 Å². The number of nitrogens with zero attached hydrogens (tertiary/aromatic N) is 1. The molecule has 0 unspecified atom stereocenters. The number of methoxy groups -OCH3 is 2. The molecule has 0 spiro atoms. The second kappa shape index (κ2) is 8.09. The zero-order chi connectivity index (χ0) is 26.2. The van der Waals surface area contributed by atoms with Crippen LogP contribution in [0, 0.1) is 0 Å². The highest BCUT2D eigenvalue weighted by atomic mass is 32.1. The number of thiophene rings is 1. The average Bonchev–Trinajstić information content (AvgIpc) is 3.50. The highest BCUT2D eigenvalue weighted by molar-refractivity contribution is 7.26. The summed E-state index contributed by atoms with van der Waals surface area (Å²) >= 11 is 1.71. The topological polar surface area (TPSA) is 53.6 Å². The van der Waals surface area contributed by atoms with E-state index in [2.05, 4.69) is 47.0 Å². The molecule has 0 N–H and O–H groups in total. The summed E-state index contributed by atoms with van der Waals surface area (Å²) in [5.41, 5.74) is 4.45. The molecule has 0 aliphatic heterocycles. The van der Waals surface area contributed by atoms with Crippen LogP contribution in [0.5, 0.6) is 11.5 Å². The van der Waals surface area contributed by atoms with Crippen molar-refractivity contribution in [1.82, 2.24) is 4.57 Å². The fraction of sp³-hybridized carbons (Fsp3) is 0.0606. The van der Waals surface area contributed by atoms with Crippen molar-refractivity contribution in [2.45, 2.75) is 0 Å². The summed E-state index contributed by atoms with van der Waals surface area (Å²) < 4.78 is 21.8. The molecule has 188 valence electrons. The monoisotopic (exact) mass is 527 g/mol. The van der Waals surface area contributed by atoms with Gasteiger partial charge in [-0.2, -0.15) is 0 Å². The summed E-state index contributed by atoms with van der Waals surface area (Å²) in [4.78, 5) is 13.4. The number of ether oxygens (including phenoxy) is 2. The van der Waals surface area contributed by atoms with Crippen molar-refractivity contribution < 1.29 is 13.9 Å². The smallest absolute Gasteiger partial charge is 0.200 e. The minimum atomic E-state index is -0.00505. The van der Waals surface area contributed by atoms with Gasteiger partial charge in [0.1, 0.15) is 22.7 Å². The lowest BCUT2D eigenvalue weighted by molar-refractivity contribution is 0.415. The third kappa shape index (κ3) is 3.09. The van der Waals surface area contributed by atoms with E-state index in [1.54, 1.807) is 25.6 Å². The molecule has 3 heterocycles. The summed E-state index contributed by atoms with van der Waals surface area (Å²) in [6, 6.07) is 30.1. The van der Waals surface area contributed by atoms with Crippen LogP contribution in [0.25, 0.3) is 69.6 Å². The average molecular weight is 528 g/mol. The molecule has 0 atom stereocenters. The van der Waals surface area contributed by atoms with Crippen molar-refractivity contribution in [2.24, 2.45) is 0 Å². The lowest BCUT2D eigenvalue weighted by atomic mass is 10.1.